The van der Waals surface area contributed by atoms with Crippen LogP contribution in [-0.2, 0) is 4.79 Å². The van der Waals surface area contributed by atoms with Gasteiger partial charge in [0.2, 0.25) is 5.91 Å². The van der Waals surface area contributed by atoms with Crippen molar-refractivity contribution >= 4 is 17.7 Å². The van der Waals surface area contributed by atoms with Gasteiger partial charge in [0.25, 0.3) is 0 Å². The third-order valence-corrected chi connectivity index (χ3v) is 3.32. The summed E-state index contributed by atoms with van der Waals surface area (Å²) < 4.78 is 0. The molecule has 2 atom stereocenters. The summed E-state index contributed by atoms with van der Waals surface area (Å²) >= 11 is 1.80. The Bertz CT molecular complexity index is 148. The first-order valence-electron chi connectivity index (χ1n) is 3.32. The van der Waals surface area contributed by atoms with E-state index >= 15 is 0 Å². The lowest BCUT2D eigenvalue weighted by atomic mass is 10.2. The van der Waals surface area contributed by atoms with Crippen molar-refractivity contribution in [1.29, 1.82) is 0 Å². The second kappa shape index (κ2) is 1.90. The molecule has 2 rings (SSSR count). The van der Waals surface area contributed by atoms with E-state index in [0.29, 0.717) is 10.6 Å². The second-order valence-corrected chi connectivity index (χ2v) is 3.96. The van der Waals surface area contributed by atoms with E-state index in [1.54, 1.807) is 11.8 Å². The topological polar surface area (TPSA) is 29.1 Å². The largest absolute Gasteiger partial charge is 0.343 e. The van der Waals surface area contributed by atoms with Gasteiger partial charge in [0.05, 0.1) is 10.6 Å². The zero-order chi connectivity index (χ0) is 6.27. The van der Waals surface area contributed by atoms with Crippen molar-refractivity contribution in [3.05, 3.63) is 0 Å². The first-order valence-corrected chi connectivity index (χ1v) is 4.26. The molecule has 0 aromatic rings. The molecule has 0 aliphatic carbocycles. The van der Waals surface area contributed by atoms with Crippen molar-refractivity contribution in [2.75, 3.05) is 0 Å². The normalized spacial score (nSPS) is 40.7. The quantitative estimate of drug-likeness (QED) is 0.541. The third-order valence-electron chi connectivity index (χ3n) is 1.86. The lowest BCUT2D eigenvalue weighted by Crippen LogP contribution is -2.24. The lowest BCUT2D eigenvalue weighted by Gasteiger charge is -2.13. The van der Waals surface area contributed by atoms with Gasteiger partial charge in [-0.3, -0.25) is 4.79 Å². The van der Waals surface area contributed by atoms with Gasteiger partial charge in [0.1, 0.15) is 0 Å². The van der Waals surface area contributed by atoms with Gasteiger partial charge in [-0.2, -0.15) is 0 Å². The zero-order valence-corrected chi connectivity index (χ0v) is 5.91. The molecular weight excluding hydrogens is 134 g/mol. The highest BCUT2D eigenvalue weighted by Gasteiger charge is 2.35. The molecule has 0 aromatic carbocycles. The highest BCUT2D eigenvalue weighted by atomic mass is 32.2. The molecule has 2 heterocycles. The summed E-state index contributed by atoms with van der Waals surface area (Å²) in [5.41, 5.74) is 0. The average molecular weight is 143 g/mol. The molecule has 0 saturated carbocycles. The predicted molar refractivity (Wildman–Crippen MR) is 37.2 cm³/mol. The molecule has 50 valence electrons. The maximum atomic E-state index is 10.9. The summed E-state index contributed by atoms with van der Waals surface area (Å²) in [4.78, 5) is 10.9. The van der Waals surface area contributed by atoms with Crippen LogP contribution in [-0.4, -0.2) is 16.5 Å². The molecule has 3 heteroatoms. The minimum atomic E-state index is 0.266. The van der Waals surface area contributed by atoms with Crippen LogP contribution < -0.4 is 5.32 Å². The Morgan fingerprint density at radius 2 is 2.44 bits per heavy atom. The molecule has 2 bridgehead atoms. The van der Waals surface area contributed by atoms with Crippen LogP contribution >= 0.6 is 11.8 Å². The number of thioether (sulfide) groups is 1. The molecule has 2 aliphatic heterocycles. The van der Waals surface area contributed by atoms with Crippen LogP contribution in [0.4, 0.5) is 0 Å². The van der Waals surface area contributed by atoms with Crippen LogP contribution in [0.15, 0.2) is 0 Å². The molecule has 2 unspecified atom stereocenters. The van der Waals surface area contributed by atoms with E-state index in [1.807, 2.05) is 0 Å². The summed E-state index contributed by atoms with van der Waals surface area (Å²) in [6.07, 6.45) is 3.49. The van der Waals surface area contributed by atoms with Crippen LogP contribution in [0.1, 0.15) is 19.3 Å². The third kappa shape index (κ3) is 0.834. The van der Waals surface area contributed by atoms with Gasteiger partial charge in [-0.25, -0.2) is 0 Å². The first-order chi connectivity index (χ1) is 4.36. The molecule has 1 amide bonds. The number of fused-ring (bicyclic) bond motifs is 2. The standard InChI is InChI=1S/C6H9NOS/c8-6-4-2-1-3-5(7-6)9-4/h4-5H,1-3H2,(H,7,8). The van der Waals surface area contributed by atoms with Crippen molar-refractivity contribution in [2.45, 2.75) is 29.9 Å². The van der Waals surface area contributed by atoms with Crippen molar-refractivity contribution < 1.29 is 4.79 Å². The number of nitrogens with one attached hydrogen (secondary N) is 1. The molecular formula is C6H9NOS. The lowest BCUT2D eigenvalue weighted by molar-refractivity contribution is -0.119. The highest BCUT2D eigenvalue weighted by Crippen LogP contribution is 2.35. The summed E-state index contributed by atoms with van der Waals surface area (Å²) in [5.74, 6) is 0.266. The van der Waals surface area contributed by atoms with Gasteiger partial charge in [0.15, 0.2) is 0 Å². The molecule has 2 fully saturated rings. The highest BCUT2D eigenvalue weighted by molar-refractivity contribution is 8.01. The molecule has 2 nitrogen and oxygen atoms in total. The van der Waals surface area contributed by atoms with E-state index in [1.165, 1.54) is 12.8 Å². The summed E-state index contributed by atoms with van der Waals surface area (Å²) in [7, 11) is 0. The number of amides is 1. The Labute approximate surface area is 58.4 Å². The van der Waals surface area contributed by atoms with Crippen molar-refractivity contribution in [1.82, 2.24) is 5.32 Å². The van der Waals surface area contributed by atoms with Crippen molar-refractivity contribution in [2.24, 2.45) is 0 Å². The maximum absolute atomic E-state index is 10.9. The van der Waals surface area contributed by atoms with Crippen LogP contribution in [0, 0.1) is 0 Å². The molecule has 9 heavy (non-hydrogen) atoms. The minimum Gasteiger partial charge on any atom is -0.343 e. The molecule has 0 radical (unpaired) electrons. The fourth-order valence-electron chi connectivity index (χ4n) is 1.37. The second-order valence-electron chi connectivity index (χ2n) is 2.55. The molecule has 2 saturated heterocycles. The fraction of sp³-hybridized carbons (Fsp3) is 0.833. The van der Waals surface area contributed by atoms with E-state index in [-0.39, 0.29) is 5.91 Å². The van der Waals surface area contributed by atoms with Gasteiger partial charge in [-0.05, 0) is 19.3 Å². The number of carbonyl (C=O) groups excluding carboxylic acids is 1. The van der Waals surface area contributed by atoms with Gasteiger partial charge in [-0.15, -0.1) is 11.8 Å². The van der Waals surface area contributed by atoms with E-state index in [9.17, 15) is 4.79 Å². The Morgan fingerprint density at radius 3 is 3.11 bits per heavy atom. The number of hydrogen-bond donors (Lipinski definition) is 1. The van der Waals surface area contributed by atoms with Crippen LogP contribution in [0.2, 0.25) is 0 Å². The summed E-state index contributed by atoms with van der Waals surface area (Å²) in [6.45, 7) is 0. The number of hydrogen-bond acceptors (Lipinski definition) is 2. The van der Waals surface area contributed by atoms with Gasteiger partial charge < -0.3 is 5.32 Å². The van der Waals surface area contributed by atoms with Gasteiger partial charge >= 0.3 is 0 Å². The Morgan fingerprint density at radius 1 is 1.56 bits per heavy atom. The SMILES string of the molecule is O=C1NC2CCCC1S2. The predicted octanol–water partition coefficient (Wildman–Crippen LogP) is 0.728. The molecule has 2 aliphatic rings. The summed E-state index contributed by atoms with van der Waals surface area (Å²) in [5, 5.41) is 3.69. The van der Waals surface area contributed by atoms with Gasteiger partial charge in [-0.1, -0.05) is 0 Å². The Hall–Kier alpha value is -0.180. The molecule has 0 aromatic heterocycles. The van der Waals surface area contributed by atoms with Crippen LogP contribution in [0.3, 0.4) is 0 Å². The zero-order valence-electron chi connectivity index (χ0n) is 5.09. The number of carbonyl (C=O) groups is 1. The van der Waals surface area contributed by atoms with E-state index in [0.717, 1.165) is 6.42 Å². The maximum Gasteiger partial charge on any atom is 0.234 e. The monoisotopic (exact) mass is 143 g/mol. The summed E-state index contributed by atoms with van der Waals surface area (Å²) in [6, 6.07) is 0. The molecule has 0 spiro atoms. The average Bonchev–Trinajstić information content (AvgIpc) is 2.09. The van der Waals surface area contributed by atoms with Crippen LogP contribution in [0.5, 0.6) is 0 Å². The van der Waals surface area contributed by atoms with Crippen LogP contribution in [0.25, 0.3) is 0 Å². The van der Waals surface area contributed by atoms with Crippen molar-refractivity contribution in [3.63, 3.8) is 0 Å². The van der Waals surface area contributed by atoms with E-state index in [4.69, 9.17) is 0 Å². The number of rotatable bonds is 0. The van der Waals surface area contributed by atoms with E-state index < -0.39 is 0 Å². The van der Waals surface area contributed by atoms with E-state index in [2.05, 4.69) is 5.32 Å². The fourth-order valence-corrected chi connectivity index (χ4v) is 2.75. The Kier molecular flexibility index (Phi) is 1.18. The Balaban J connectivity index is 2.15. The minimum absolute atomic E-state index is 0.266. The van der Waals surface area contributed by atoms with Gasteiger partial charge in [0, 0.05) is 0 Å². The first kappa shape index (κ1) is 5.59. The smallest absolute Gasteiger partial charge is 0.234 e. The van der Waals surface area contributed by atoms with Crippen molar-refractivity contribution in [3.8, 4) is 0 Å². The molecule has 1 N–H and O–H groups in total.